The van der Waals surface area contributed by atoms with Crippen molar-refractivity contribution >= 4 is 5.95 Å². The third kappa shape index (κ3) is 2.02. The molecule has 3 rings (SSSR count). The number of rotatable bonds is 2. The summed E-state index contributed by atoms with van der Waals surface area (Å²) in [5.41, 5.74) is 1.13. The van der Waals surface area contributed by atoms with Gasteiger partial charge in [0, 0.05) is 44.6 Å². The van der Waals surface area contributed by atoms with Gasteiger partial charge < -0.3 is 4.90 Å². The lowest BCUT2D eigenvalue weighted by molar-refractivity contribution is 0.247. The van der Waals surface area contributed by atoms with Crippen molar-refractivity contribution in [1.29, 1.82) is 0 Å². The molecule has 1 aliphatic carbocycles. The zero-order valence-corrected chi connectivity index (χ0v) is 9.76. The molecule has 1 aromatic heterocycles. The average Bonchev–Trinajstić information content (AvgIpc) is 3.14. The van der Waals surface area contributed by atoms with Crippen LogP contribution < -0.4 is 4.90 Å². The Morgan fingerprint density at radius 2 is 1.69 bits per heavy atom. The fraction of sp³-hybridized carbons (Fsp3) is 0.667. The molecular weight excluding hydrogens is 200 g/mol. The van der Waals surface area contributed by atoms with Crippen molar-refractivity contribution in [3.05, 3.63) is 18.0 Å². The molecule has 0 aromatic carbocycles. The molecule has 0 atom stereocenters. The lowest BCUT2D eigenvalue weighted by atomic mass is 10.3. The van der Waals surface area contributed by atoms with Crippen molar-refractivity contribution < 1.29 is 0 Å². The smallest absolute Gasteiger partial charge is 0.225 e. The van der Waals surface area contributed by atoms with E-state index in [9.17, 15) is 0 Å². The van der Waals surface area contributed by atoms with E-state index in [1.165, 1.54) is 25.9 Å². The first-order valence-corrected chi connectivity index (χ1v) is 6.10. The quantitative estimate of drug-likeness (QED) is 0.743. The standard InChI is InChI=1S/C12H18N4/c1-10-8-13-12(14-9-10)16-6-4-15(5-7-16)11-2-3-11/h8-9,11H,2-7H2,1H3. The van der Waals surface area contributed by atoms with Gasteiger partial charge in [0.25, 0.3) is 0 Å². The predicted octanol–water partition coefficient (Wildman–Crippen LogP) is 1.07. The molecule has 0 bridgehead atoms. The normalized spacial score (nSPS) is 22.4. The van der Waals surface area contributed by atoms with E-state index in [0.29, 0.717) is 0 Å². The number of piperazine rings is 1. The van der Waals surface area contributed by atoms with Gasteiger partial charge in [0.2, 0.25) is 5.95 Å². The van der Waals surface area contributed by atoms with Crippen molar-refractivity contribution in [2.45, 2.75) is 25.8 Å². The van der Waals surface area contributed by atoms with Crippen molar-refractivity contribution in [2.75, 3.05) is 31.1 Å². The topological polar surface area (TPSA) is 32.3 Å². The summed E-state index contributed by atoms with van der Waals surface area (Å²) in [6, 6.07) is 0.890. The van der Waals surface area contributed by atoms with Crippen LogP contribution in [0.5, 0.6) is 0 Å². The minimum atomic E-state index is 0.890. The molecule has 0 amide bonds. The van der Waals surface area contributed by atoms with E-state index in [4.69, 9.17) is 0 Å². The van der Waals surface area contributed by atoms with Crippen LogP contribution in [0.3, 0.4) is 0 Å². The fourth-order valence-corrected chi connectivity index (χ4v) is 2.28. The maximum atomic E-state index is 4.38. The molecule has 1 saturated carbocycles. The van der Waals surface area contributed by atoms with Gasteiger partial charge in [-0.2, -0.15) is 0 Å². The van der Waals surface area contributed by atoms with Gasteiger partial charge >= 0.3 is 0 Å². The molecule has 0 N–H and O–H groups in total. The third-order valence-corrected chi connectivity index (χ3v) is 3.43. The zero-order valence-electron chi connectivity index (χ0n) is 9.76. The van der Waals surface area contributed by atoms with E-state index < -0.39 is 0 Å². The summed E-state index contributed by atoms with van der Waals surface area (Å²) in [4.78, 5) is 13.7. The van der Waals surface area contributed by atoms with E-state index in [0.717, 1.165) is 30.6 Å². The van der Waals surface area contributed by atoms with Crippen LogP contribution in [0.1, 0.15) is 18.4 Å². The van der Waals surface area contributed by atoms with Gasteiger partial charge in [0.1, 0.15) is 0 Å². The molecule has 16 heavy (non-hydrogen) atoms. The molecule has 0 spiro atoms. The maximum Gasteiger partial charge on any atom is 0.225 e. The molecule has 2 aliphatic rings. The van der Waals surface area contributed by atoms with Gasteiger partial charge in [-0.15, -0.1) is 0 Å². The summed E-state index contributed by atoms with van der Waals surface area (Å²) in [6.07, 6.45) is 6.60. The van der Waals surface area contributed by atoms with Crippen LogP contribution >= 0.6 is 0 Å². The number of anilines is 1. The number of hydrogen-bond acceptors (Lipinski definition) is 4. The van der Waals surface area contributed by atoms with Gasteiger partial charge in [0.05, 0.1) is 0 Å². The molecule has 2 heterocycles. The van der Waals surface area contributed by atoms with Crippen LogP contribution in [0, 0.1) is 6.92 Å². The van der Waals surface area contributed by atoms with E-state index >= 15 is 0 Å². The summed E-state index contributed by atoms with van der Waals surface area (Å²) in [6.45, 7) is 6.50. The van der Waals surface area contributed by atoms with Crippen LogP contribution in [-0.4, -0.2) is 47.1 Å². The van der Waals surface area contributed by atoms with Gasteiger partial charge in [-0.05, 0) is 25.3 Å². The number of nitrogens with zero attached hydrogens (tertiary/aromatic N) is 4. The Balaban J connectivity index is 1.62. The lowest BCUT2D eigenvalue weighted by Gasteiger charge is -2.34. The Labute approximate surface area is 96.3 Å². The minimum Gasteiger partial charge on any atom is -0.338 e. The van der Waals surface area contributed by atoms with E-state index in [1.807, 2.05) is 19.3 Å². The fourth-order valence-electron chi connectivity index (χ4n) is 2.28. The summed E-state index contributed by atoms with van der Waals surface area (Å²) < 4.78 is 0. The molecule has 86 valence electrons. The Morgan fingerprint density at radius 1 is 1.06 bits per heavy atom. The van der Waals surface area contributed by atoms with Gasteiger partial charge in [-0.3, -0.25) is 4.90 Å². The summed E-state index contributed by atoms with van der Waals surface area (Å²) in [5.74, 6) is 0.890. The molecule has 0 unspecified atom stereocenters. The highest BCUT2D eigenvalue weighted by Crippen LogP contribution is 2.27. The molecule has 2 fully saturated rings. The summed E-state index contributed by atoms with van der Waals surface area (Å²) in [7, 11) is 0. The van der Waals surface area contributed by atoms with Gasteiger partial charge in [-0.25, -0.2) is 9.97 Å². The largest absolute Gasteiger partial charge is 0.338 e. The minimum absolute atomic E-state index is 0.890. The highest BCUT2D eigenvalue weighted by molar-refractivity contribution is 5.30. The van der Waals surface area contributed by atoms with Crippen molar-refractivity contribution in [3.63, 3.8) is 0 Å². The van der Waals surface area contributed by atoms with Crippen LogP contribution in [-0.2, 0) is 0 Å². The van der Waals surface area contributed by atoms with Gasteiger partial charge in [0.15, 0.2) is 0 Å². The Kier molecular flexibility index (Phi) is 2.52. The molecule has 1 aromatic rings. The Bertz CT molecular complexity index is 350. The first kappa shape index (κ1) is 10.0. The van der Waals surface area contributed by atoms with Crippen molar-refractivity contribution in [1.82, 2.24) is 14.9 Å². The molecule has 4 heteroatoms. The van der Waals surface area contributed by atoms with Crippen LogP contribution in [0.4, 0.5) is 5.95 Å². The van der Waals surface area contributed by atoms with Gasteiger partial charge in [-0.1, -0.05) is 0 Å². The number of aryl methyl sites for hydroxylation is 1. The van der Waals surface area contributed by atoms with Crippen molar-refractivity contribution in [3.8, 4) is 0 Å². The highest BCUT2D eigenvalue weighted by atomic mass is 15.3. The first-order valence-electron chi connectivity index (χ1n) is 6.10. The van der Waals surface area contributed by atoms with E-state index in [1.54, 1.807) is 0 Å². The summed E-state index contributed by atoms with van der Waals surface area (Å²) in [5, 5.41) is 0. The average molecular weight is 218 g/mol. The maximum absolute atomic E-state index is 4.38. The molecule has 1 saturated heterocycles. The predicted molar refractivity (Wildman–Crippen MR) is 63.6 cm³/mol. The first-order chi connectivity index (χ1) is 7.83. The second-order valence-electron chi connectivity index (χ2n) is 4.81. The van der Waals surface area contributed by atoms with Crippen LogP contribution in [0.25, 0.3) is 0 Å². The SMILES string of the molecule is Cc1cnc(N2CCN(C3CC3)CC2)nc1. The van der Waals surface area contributed by atoms with Crippen LogP contribution in [0.15, 0.2) is 12.4 Å². The van der Waals surface area contributed by atoms with Crippen LogP contribution in [0.2, 0.25) is 0 Å². The molecular formula is C12H18N4. The molecule has 0 radical (unpaired) electrons. The molecule has 4 nitrogen and oxygen atoms in total. The monoisotopic (exact) mass is 218 g/mol. The number of aromatic nitrogens is 2. The number of hydrogen-bond donors (Lipinski definition) is 0. The van der Waals surface area contributed by atoms with E-state index in [2.05, 4.69) is 19.8 Å². The van der Waals surface area contributed by atoms with Crippen molar-refractivity contribution in [2.24, 2.45) is 0 Å². The summed E-state index contributed by atoms with van der Waals surface area (Å²) >= 11 is 0. The lowest BCUT2D eigenvalue weighted by Crippen LogP contribution is -2.47. The zero-order chi connectivity index (χ0) is 11.0. The molecule has 1 aliphatic heterocycles. The highest BCUT2D eigenvalue weighted by Gasteiger charge is 2.31. The second-order valence-corrected chi connectivity index (χ2v) is 4.81. The van der Waals surface area contributed by atoms with E-state index in [-0.39, 0.29) is 0 Å². The second kappa shape index (κ2) is 4.01. The third-order valence-electron chi connectivity index (χ3n) is 3.43. The Hall–Kier alpha value is -1.16. The Morgan fingerprint density at radius 3 is 2.25 bits per heavy atom.